The molecule has 0 aliphatic carbocycles. The molecule has 0 heterocycles. The van der Waals surface area contributed by atoms with Crippen LogP contribution in [-0.2, 0) is 9.53 Å². The van der Waals surface area contributed by atoms with Gasteiger partial charge in [0.25, 0.3) is 0 Å². The van der Waals surface area contributed by atoms with E-state index in [2.05, 4.69) is 19.9 Å². The van der Waals surface area contributed by atoms with E-state index in [4.69, 9.17) is 4.74 Å². The molecule has 0 fully saturated rings. The molecule has 13 heavy (non-hydrogen) atoms. The minimum atomic E-state index is -0.185. The Balaban J connectivity index is 3.51. The molecule has 0 aromatic rings. The van der Waals surface area contributed by atoms with Crippen molar-refractivity contribution >= 4 is 5.97 Å². The van der Waals surface area contributed by atoms with Gasteiger partial charge >= 0.3 is 5.97 Å². The van der Waals surface area contributed by atoms with Crippen molar-refractivity contribution in [2.75, 3.05) is 6.61 Å². The maximum Gasteiger partial charge on any atom is 0.302 e. The second-order valence-electron chi connectivity index (χ2n) is 3.57. The monoisotopic (exact) mass is 184 g/mol. The van der Waals surface area contributed by atoms with Crippen LogP contribution in [0, 0.1) is 5.92 Å². The zero-order valence-corrected chi connectivity index (χ0v) is 9.09. The van der Waals surface area contributed by atoms with Crippen molar-refractivity contribution in [1.82, 2.24) is 0 Å². The van der Waals surface area contributed by atoms with Crippen molar-refractivity contribution < 1.29 is 9.53 Å². The molecule has 0 aromatic carbocycles. The lowest BCUT2D eigenvalue weighted by Gasteiger charge is -2.10. The average Bonchev–Trinajstić information content (AvgIpc) is 2.03. The zero-order valence-electron chi connectivity index (χ0n) is 9.09. The highest BCUT2D eigenvalue weighted by Crippen LogP contribution is 2.13. The van der Waals surface area contributed by atoms with Crippen LogP contribution in [0.3, 0.4) is 0 Å². The minimum absolute atomic E-state index is 0.185. The summed E-state index contributed by atoms with van der Waals surface area (Å²) in [5.41, 5.74) is 1.40. The van der Waals surface area contributed by atoms with E-state index >= 15 is 0 Å². The number of esters is 1. The van der Waals surface area contributed by atoms with Crippen molar-refractivity contribution in [1.29, 1.82) is 0 Å². The fourth-order valence-electron chi connectivity index (χ4n) is 1.17. The van der Waals surface area contributed by atoms with E-state index in [1.807, 2.05) is 6.92 Å². The molecular formula is C11H20O2. The fourth-order valence-corrected chi connectivity index (χ4v) is 1.17. The molecule has 0 aliphatic heterocycles. The van der Waals surface area contributed by atoms with E-state index in [-0.39, 0.29) is 5.97 Å². The van der Waals surface area contributed by atoms with Gasteiger partial charge in [-0.2, -0.15) is 0 Å². The topological polar surface area (TPSA) is 26.3 Å². The number of hydrogen-bond acceptors (Lipinski definition) is 2. The lowest BCUT2D eigenvalue weighted by molar-refractivity contribution is -0.141. The Kier molecular flexibility index (Phi) is 6.29. The molecule has 2 heteroatoms. The zero-order chi connectivity index (χ0) is 10.3. The van der Waals surface area contributed by atoms with Gasteiger partial charge in [-0.1, -0.05) is 18.6 Å². The van der Waals surface area contributed by atoms with Gasteiger partial charge in [-0.05, 0) is 32.6 Å². The molecule has 0 spiro atoms. The maximum atomic E-state index is 10.5. The molecule has 0 aromatic heterocycles. The van der Waals surface area contributed by atoms with Gasteiger partial charge in [0.15, 0.2) is 0 Å². The van der Waals surface area contributed by atoms with E-state index in [0.717, 1.165) is 12.8 Å². The van der Waals surface area contributed by atoms with Gasteiger partial charge in [0.2, 0.25) is 0 Å². The standard InChI is InChI=1S/C11H20O2/c1-5-9(2)8-10(3)6-7-13-11(4)12/h5,10H,6-8H2,1-4H3. The Bertz CT molecular complexity index is 183. The largest absolute Gasteiger partial charge is 0.466 e. The van der Waals surface area contributed by atoms with Crippen LogP contribution >= 0.6 is 0 Å². The van der Waals surface area contributed by atoms with Gasteiger partial charge in [-0.3, -0.25) is 4.79 Å². The van der Waals surface area contributed by atoms with E-state index in [0.29, 0.717) is 12.5 Å². The quantitative estimate of drug-likeness (QED) is 0.485. The Morgan fingerprint density at radius 3 is 2.54 bits per heavy atom. The number of carbonyl (C=O) groups is 1. The molecule has 2 nitrogen and oxygen atoms in total. The summed E-state index contributed by atoms with van der Waals surface area (Å²) in [6, 6.07) is 0. The first kappa shape index (κ1) is 12.2. The summed E-state index contributed by atoms with van der Waals surface area (Å²) in [7, 11) is 0. The fraction of sp³-hybridized carbons (Fsp3) is 0.727. The van der Waals surface area contributed by atoms with Crippen molar-refractivity contribution in [3.8, 4) is 0 Å². The van der Waals surface area contributed by atoms with Crippen LogP contribution in [-0.4, -0.2) is 12.6 Å². The number of hydrogen-bond donors (Lipinski definition) is 0. The Labute approximate surface area is 81.0 Å². The van der Waals surface area contributed by atoms with Crippen LogP contribution in [0.2, 0.25) is 0 Å². The molecule has 0 aliphatic rings. The smallest absolute Gasteiger partial charge is 0.302 e. The molecular weight excluding hydrogens is 164 g/mol. The SMILES string of the molecule is CC=C(C)CC(C)CCOC(C)=O. The molecule has 0 saturated carbocycles. The predicted octanol–water partition coefficient (Wildman–Crippen LogP) is 2.93. The molecule has 1 atom stereocenters. The summed E-state index contributed by atoms with van der Waals surface area (Å²) in [5.74, 6) is 0.408. The van der Waals surface area contributed by atoms with Crippen LogP contribution in [0.5, 0.6) is 0 Å². The van der Waals surface area contributed by atoms with E-state index < -0.39 is 0 Å². The van der Waals surface area contributed by atoms with Crippen molar-refractivity contribution in [3.63, 3.8) is 0 Å². The second-order valence-corrected chi connectivity index (χ2v) is 3.57. The normalized spacial score (nSPS) is 14.0. The molecule has 0 bridgehead atoms. The van der Waals surface area contributed by atoms with Gasteiger partial charge in [0.05, 0.1) is 6.61 Å². The predicted molar refractivity (Wildman–Crippen MR) is 54.5 cm³/mol. The minimum Gasteiger partial charge on any atom is -0.466 e. The third-order valence-electron chi connectivity index (χ3n) is 2.08. The third-order valence-corrected chi connectivity index (χ3v) is 2.08. The highest BCUT2D eigenvalue weighted by Gasteiger charge is 2.03. The van der Waals surface area contributed by atoms with Crippen LogP contribution in [0.1, 0.15) is 40.5 Å². The highest BCUT2D eigenvalue weighted by atomic mass is 16.5. The van der Waals surface area contributed by atoms with Crippen LogP contribution in [0.4, 0.5) is 0 Å². The third kappa shape index (κ3) is 7.57. The maximum absolute atomic E-state index is 10.5. The average molecular weight is 184 g/mol. The van der Waals surface area contributed by atoms with Gasteiger partial charge in [0.1, 0.15) is 0 Å². The van der Waals surface area contributed by atoms with E-state index in [9.17, 15) is 4.79 Å². The molecule has 0 radical (unpaired) electrons. The molecule has 1 unspecified atom stereocenters. The lowest BCUT2D eigenvalue weighted by Crippen LogP contribution is -2.05. The lowest BCUT2D eigenvalue weighted by atomic mass is 9.99. The van der Waals surface area contributed by atoms with Crippen molar-refractivity contribution in [2.24, 2.45) is 5.92 Å². The molecule has 0 amide bonds. The summed E-state index contributed by atoms with van der Waals surface area (Å²) in [5, 5.41) is 0. The second kappa shape index (κ2) is 6.70. The number of allylic oxidation sites excluding steroid dienone is 2. The Hall–Kier alpha value is -0.790. The Morgan fingerprint density at radius 2 is 2.08 bits per heavy atom. The molecule has 0 N–H and O–H groups in total. The number of ether oxygens (including phenoxy) is 1. The highest BCUT2D eigenvalue weighted by molar-refractivity contribution is 5.65. The first-order valence-corrected chi connectivity index (χ1v) is 4.81. The number of rotatable bonds is 5. The molecule has 0 saturated heterocycles. The molecule has 0 rings (SSSR count). The summed E-state index contributed by atoms with van der Waals surface area (Å²) in [4.78, 5) is 10.5. The van der Waals surface area contributed by atoms with Crippen LogP contribution in [0.15, 0.2) is 11.6 Å². The summed E-state index contributed by atoms with van der Waals surface area (Å²) < 4.78 is 4.87. The Morgan fingerprint density at radius 1 is 1.46 bits per heavy atom. The van der Waals surface area contributed by atoms with Gasteiger partial charge in [-0.15, -0.1) is 0 Å². The first-order valence-electron chi connectivity index (χ1n) is 4.81. The first-order chi connectivity index (χ1) is 6.06. The van der Waals surface area contributed by atoms with Crippen molar-refractivity contribution in [2.45, 2.75) is 40.5 Å². The van der Waals surface area contributed by atoms with Gasteiger partial charge < -0.3 is 4.74 Å². The van der Waals surface area contributed by atoms with Gasteiger partial charge in [-0.25, -0.2) is 0 Å². The van der Waals surface area contributed by atoms with E-state index in [1.54, 1.807) is 0 Å². The summed E-state index contributed by atoms with van der Waals surface area (Å²) >= 11 is 0. The van der Waals surface area contributed by atoms with Crippen LogP contribution < -0.4 is 0 Å². The van der Waals surface area contributed by atoms with E-state index in [1.165, 1.54) is 12.5 Å². The van der Waals surface area contributed by atoms with Crippen LogP contribution in [0.25, 0.3) is 0 Å². The number of carbonyl (C=O) groups excluding carboxylic acids is 1. The summed E-state index contributed by atoms with van der Waals surface area (Å²) in [6.07, 6.45) is 4.17. The summed E-state index contributed by atoms with van der Waals surface area (Å²) in [6.45, 7) is 8.35. The van der Waals surface area contributed by atoms with Gasteiger partial charge in [0, 0.05) is 6.92 Å². The molecule has 76 valence electrons. The van der Waals surface area contributed by atoms with Crippen molar-refractivity contribution in [3.05, 3.63) is 11.6 Å².